The van der Waals surface area contributed by atoms with E-state index in [9.17, 15) is 4.79 Å². The molecule has 6 heteroatoms. The van der Waals surface area contributed by atoms with Gasteiger partial charge in [0.2, 0.25) is 0 Å². The van der Waals surface area contributed by atoms with Crippen LogP contribution in [0.4, 0.5) is 0 Å². The van der Waals surface area contributed by atoms with Crippen LogP contribution in [0.3, 0.4) is 0 Å². The molecule has 0 unspecified atom stereocenters. The molecule has 1 aliphatic heterocycles. The molecule has 1 saturated heterocycles. The van der Waals surface area contributed by atoms with Crippen LogP contribution < -0.4 is 5.32 Å². The van der Waals surface area contributed by atoms with Gasteiger partial charge in [-0.25, -0.2) is 0 Å². The fraction of sp³-hybridized carbons (Fsp3) is 0.556. The van der Waals surface area contributed by atoms with Gasteiger partial charge in [-0.1, -0.05) is 6.42 Å². The van der Waals surface area contributed by atoms with E-state index in [0.717, 1.165) is 31.7 Å². The molecule has 0 aliphatic carbocycles. The Morgan fingerprint density at radius 2 is 2.21 bits per heavy atom. The summed E-state index contributed by atoms with van der Waals surface area (Å²) in [6.07, 6.45) is 7.69. The number of nitrogens with zero attached hydrogens (tertiary/aromatic N) is 4. The summed E-state index contributed by atoms with van der Waals surface area (Å²) in [6.45, 7) is 5.00. The minimum absolute atomic E-state index is 0.0321. The molecular formula is C18H27N5O. The van der Waals surface area contributed by atoms with Gasteiger partial charge in [-0.05, 0) is 38.4 Å². The van der Waals surface area contributed by atoms with Crippen LogP contribution in [-0.2, 0) is 20.1 Å². The van der Waals surface area contributed by atoms with Crippen LogP contribution in [0, 0.1) is 0 Å². The summed E-state index contributed by atoms with van der Waals surface area (Å²) >= 11 is 0. The second-order valence-electron chi connectivity index (χ2n) is 6.47. The maximum atomic E-state index is 12.0. The van der Waals surface area contributed by atoms with Crippen molar-refractivity contribution in [2.75, 3.05) is 13.6 Å². The van der Waals surface area contributed by atoms with Gasteiger partial charge in [0.25, 0.3) is 5.91 Å². The molecular weight excluding hydrogens is 302 g/mol. The number of nitrogens with one attached hydrogen (secondary N) is 1. The van der Waals surface area contributed by atoms with E-state index in [2.05, 4.69) is 34.5 Å². The molecule has 2 aromatic rings. The van der Waals surface area contributed by atoms with Crippen molar-refractivity contribution in [3.63, 3.8) is 0 Å². The van der Waals surface area contributed by atoms with Gasteiger partial charge in [-0.2, -0.15) is 5.10 Å². The zero-order chi connectivity index (χ0) is 17.1. The second-order valence-corrected chi connectivity index (χ2v) is 6.47. The number of amides is 1. The van der Waals surface area contributed by atoms with Crippen molar-refractivity contribution >= 4 is 5.91 Å². The molecule has 3 heterocycles. The second kappa shape index (κ2) is 7.21. The number of rotatable bonds is 5. The predicted molar refractivity (Wildman–Crippen MR) is 93.7 cm³/mol. The van der Waals surface area contributed by atoms with Gasteiger partial charge < -0.3 is 9.88 Å². The highest BCUT2D eigenvalue weighted by Crippen LogP contribution is 2.32. The lowest BCUT2D eigenvalue weighted by atomic mass is 9.99. The van der Waals surface area contributed by atoms with Crippen LogP contribution in [0.2, 0.25) is 0 Å². The molecule has 2 aromatic heterocycles. The largest absolute Gasteiger partial charge is 0.354 e. The van der Waals surface area contributed by atoms with Gasteiger partial charge in [0.05, 0.1) is 12.2 Å². The summed E-state index contributed by atoms with van der Waals surface area (Å²) in [5.74, 6) is -0.0321. The van der Waals surface area contributed by atoms with E-state index < -0.39 is 0 Å². The smallest absolute Gasteiger partial charge is 0.267 e. The number of aryl methyl sites for hydroxylation is 1. The van der Waals surface area contributed by atoms with Crippen molar-refractivity contribution in [1.29, 1.82) is 0 Å². The van der Waals surface area contributed by atoms with Gasteiger partial charge in [-0.15, -0.1) is 0 Å². The molecule has 3 rings (SSSR count). The molecule has 1 N–H and O–H groups in total. The Bertz CT molecular complexity index is 702. The number of piperidine rings is 1. The molecule has 1 fully saturated rings. The van der Waals surface area contributed by atoms with Crippen LogP contribution in [-0.4, -0.2) is 38.7 Å². The highest BCUT2D eigenvalue weighted by atomic mass is 16.1. The minimum atomic E-state index is -0.0321. The first-order valence-electron chi connectivity index (χ1n) is 8.77. The molecule has 1 aliphatic rings. The number of hydrogen-bond donors (Lipinski definition) is 1. The topological polar surface area (TPSA) is 55.1 Å². The van der Waals surface area contributed by atoms with Gasteiger partial charge in [0.15, 0.2) is 0 Å². The van der Waals surface area contributed by atoms with E-state index in [1.165, 1.54) is 24.1 Å². The zero-order valence-electron chi connectivity index (χ0n) is 14.8. The molecule has 1 amide bonds. The fourth-order valence-corrected chi connectivity index (χ4v) is 3.63. The zero-order valence-corrected chi connectivity index (χ0v) is 14.8. The molecule has 0 aromatic carbocycles. The van der Waals surface area contributed by atoms with Crippen molar-refractivity contribution in [2.24, 2.45) is 7.05 Å². The lowest BCUT2D eigenvalue weighted by Crippen LogP contribution is -2.34. The first-order valence-corrected chi connectivity index (χ1v) is 8.77. The number of carbonyl (C=O) groups excluding carboxylic acids is 1. The highest BCUT2D eigenvalue weighted by molar-refractivity contribution is 5.92. The Morgan fingerprint density at radius 3 is 2.92 bits per heavy atom. The standard InChI is InChI=1S/C18H27N5O/c1-4-23-13-14(11-20-23)12-22-10-6-5-7-16(22)15-8-9-17(21(15)3)18(24)19-2/h8-9,11,13,16H,4-7,10,12H2,1-3H3,(H,19,24)/t16-/m0/s1. The quantitative estimate of drug-likeness (QED) is 0.916. The first kappa shape index (κ1) is 16.8. The summed E-state index contributed by atoms with van der Waals surface area (Å²) < 4.78 is 4.01. The maximum Gasteiger partial charge on any atom is 0.267 e. The van der Waals surface area contributed by atoms with E-state index in [4.69, 9.17) is 0 Å². The average Bonchev–Trinajstić information content (AvgIpc) is 3.21. The summed E-state index contributed by atoms with van der Waals surface area (Å²) in [4.78, 5) is 14.5. The Morgan fingerprint density at radius 1 is 1.38 bits per heavy atom. The van der Waals surface area contributed by atoms with Crippen LogP contribution in [0.5, 0.6) is 0 Å². The molecule has 24 heavy (non-hydrogen) atoms. The third-order valence-corrected chi connectivity index (χ3v) is 4.97. The van der Waals surface area contributed by atoms with E-state index in [1.807, 2.05) is 28.6 Å². The van der Waals surface area contributed by atoms with Crippen LogP contribution in [0.1, 0.15) is 54.0 Å². The van der Waals surface area contributed by atoms with E-state index >= 15 is 0 Å². The molecule has 0 saturated carbocycles. The predicted octanol–water partition coefficient (Wildman–Crippen LogP) is 2.33. The van der Waals surface area contributed by atoms with Gasteiger partial charge in [-0.3, -0.25) is 14.4 Å². The molecule has 130 valence electrons. The number of hydrogen-bond acceptors (Lipinski definition) is 3. The monoisotopic (exact) mass is 329 g/mol. The molecule has 0 spiro atoms. The Kier molecular flexibility index (Phi) is 5.04. The van der Waals surface area contributed by atoms with Crippen molar-refractivity contribution in [1.82, 2.24) is 24.6 Å². The summed E-state index contributed by atoms with van der Waals surface area (Å²) in [5, 5.41) is 7.10. The molecule has 0 bridgehead atoms. The third-order valence-electron chi connectivity index (χ3n) is 4.97. The lowest BCUT2D eigenvalue weighted by molar-refractivity contribution is 0.0952. The van der Waals surface area contributed by atoms with Crippen LogP contribution in [0.15, 0.2) is 24.5 Å². The maximum absolute atomic E-state index is 12.0. The van der Waals surface area contributed by atoms with Crippen molar-refractivity contribution in [2.45, 2.75) is 45.3 Å². The van der Waals surface area contributed by atoms with Crippen molar-refractivity contribution in [3.8, 4) is 0 Å². The van der Waals surface area contributed by atoms with Gasteiger partial charge in [0, 0.05) is 44.6 Å². The minimum Gasteiger partial charge on any atom is -0.354 e. The van der Waals surface area contributed by atoms with Crippen LogP contribution in [0.25, 0.3) is 0 Å². The Hall–Kier alpha value is -2.08. The number of aromatic nitrogens is 3. The first-order chi connectivity index (χ1) is 11.6. The van der Waals surface area contributed by atoms with Crippen molar-refractivity contribution in [3.05, 3.63) is 41.5 Å². The van der Waals surface area contributed by atoms with E-state index in [1.54, 1.807) is 7.05 Å². The van der Waals surface area contributed by atoms with Crippen molar-refractivity contribution < 1.29 is 4.79 Å². The molecule has 0 radical (unpaired) electrons. The molecule has 1 atom stereocenters. The van der Waals surface area contributed by atoms with Gasteiger partial charge >= 0.3 is 0 Å². The summed E-state index contributed by atoms with van der Waals surface area (Å²) in [5.41, 5.74) is 3.19. The summed E-state index contributed by atoms with van der Waals surface area (Å²) in [6, 6.07) is 4.38. The fourth-order valence-electron chi connectivity index (χ4n) is 3.63. The normalized spacial score (nSPS) is 18.7. The Balaban J connectivity index is 1.82. The van der Waals surface area contributed by atoms with E-state index in [-0.39, 0.29) is 5.91 Å². The lowest BCUT2D eigenvalue weighted by Gasteiger charge is -2.36. The van der Waals surface area contributed by atoms with Gasteiger partial charge in [0.1, 0.15) is 5.69 Å². The van der Waals surface area contributed by atoms with Crippen LogP contribution >= 0.6 is 0 Å². The summed E-state index contributed by atoms with van der Waals surface area (Å²) in [7, 11) is 3.66. The Labute approximate surface area is 143 Å². The molecule has 6 nitrogen and oxygen atoms in total. The van der Waals surface area contributed by atoms with E-state index in [0.29, 0.717) is 6.04 Å². The third kappa shape index (κ3) is 3.24. The average molecular weight is 329 g/mol. The highest BCUT2D eigenvalue weighted by Gasteiger charge is 2.27. The number of likely N-dealkylation sites (tertiary alicyclic amines) is 1. The number of carbonyl (C=O) groups is 1. The SMILES string of the molecule is CCn1cc(CN2CCCC[C@H]2c2ccc(C(=O)NC)n2C)cn1.